The van der Waals surface area contributed by atoms with E-state index in [0.29, 0.717) is 4.90 Å². The van der Waals surface area contributed by atoms with E-state index >= 15 is 0 Å². The summed E-state index contributed by atoms with van der Waals surface area (Å²) in [5.41, 5.74) is -0.680. The van der Waals surface area contributed by atoms with Gasteiger partial charge in [0.2, 0.25) is 5.91 Å². The fourth-order valence-corrected chi connectivity index (χ4v) is 3.13. The Hall–Kier alpha value is -3.34. The molecular weight excluding hydrogens is 431 g/mol. The minimum Gasteiger partial charge on any atom is -0.477 e. The molecule has 1 aliphatic rings. The van der Waals surface area contributed by atoms with Crippen LogP contribution in [0.3, 0.4) is 0 Å². The molecule has 0 aromatic heterocycles. The predicted octanol–water partition coefficient (Wildman–Crippen LogP) is 3.93. The largest absolute Gasteiger partial charge is 0.477 e. The number of nitrogens with one attached hydrogen (secondary N) is 1. The van der Waals surface area contributed by atoms with Gasteiger partial charge in [0.15, 0.2) is 12.4 Å². The van der Waals surface area contributed by atoms with Crippen molar-refractivity contribution in [2.75, 3.05) is 16.8 Å². The number of hydrogen-bond donors (Lipinski definition) is 1. The predicted molar refractivity (Wildman–Crippen MR) is 101 cm³/mol. The van der Waals surface area contributed by atoms with E-state index in [1.54, 1.807) is 0 Å². The third-order valence-corrected chi connectivity index (χ3v) is 4.48. The topological polar surface area (TPSA) is 102 Å². The van der Waals surface area contributed by atoms with Gasteiger partial charge in [0.25, 0.3) is 5.91 Å². The molecule has 1 aliphatic heterocycles. The number of nitro groups is 1. The van der Waals surface area contributed by atoms with Crippen molar-refractivity contribution >= 4 is 40.5 Å². The second-order valence-corrected chi connectivity index (χ2v) is 6.68. The number of para-hydroxylation sites is 2. The summed E-state index contributed by atoms with van der Waals surface area (Å²) in [6.07, 6.45) is -5.91. The Labute approximate surface area is 172 Å². The van der Waals surface area contributed by atoms with E-state index in [1.807, 2.05) is 0 Å². The van der Waals surface area contributed by atoms with Crippen LogP contribution >= 0.6 is 11.6 Å². The third kappa shape index (κ3) is 4.46. The minimum atomic E-state index is -4.91. The SMILES string of the molecule is O=C1CC(C(F)(F)F)N(C(=O)COc2ccc(Cl)cc2[N+](=O)[O-])c2ccccc2N1. The van der Waals surface area contributed by atoms with Gasteiger partial charge in [-0.2, -0.15) is 13.2 Å². The molecule has 0 saturated carbocycles. The van der Waals surface area contributed by atoms with Crippen molar-refractivity contribution in [1.29, 1.82) is 0 Å². The number of alkyl halides is 3. The number of fused-ring (bicyclic) bond motifs is 1. The number of benzene rings is 2. The van der Waals surface area contributed by atoms with Crippen molar-refractivity contribution in [3.8, 4) is 5.75 Å². The van der Waals surface area contributed by atoms with E-state index < -0.39 is 47.7 Å². The number of carbonyl (C=O) groups excluding carboxylic acids is 2. The lowest BCUT2D eigenvalue weighted by Gasteiger charge is -2.31. The Kier molecular flexibility index (Phi) is 5.83. The highest BCUT2D eigenvalue weighted by molar-refractivity contribution is 6.30. The van der Waals surface area contributed by atoms with Crippen LogP contribution in [-0.2, 0) is 9.59 Å². The lowest BCUT2D eigenvalue weighted by atomic mass is 10.1. The lowest BCUT2D eigenvalue weighted by Crippen LogP contribution is -2.51. The first-order valence-corrected chi connectivity index (χ1v) is 8.80. The maximum atomic E-state index is 13.7. The van der Waals surface area contributed by atoms with Crippen LogP contribution in [-0.4, -0.2) is 35.6 Å². The number of rotatable bonds is 4. The van der Waals surface area contributed by atoms with Gasteiger partial charge in [0.05, 0.1) is 22.7 Å². The van der Waals surface area contributed by atoms with Crippen LogP contribution in [0.4, 0.5) is 30.2 Å². The van der Waals surface area contributed by atoms with Crippen LogP contribution < -0.4 is 15.0 Å². The van der Waals surface area contributed by atoms with E-state index in [-0.39, 0.29) is 22.1 Å². The van der Waals surface area contributed by atoms with Crippen molar-refractivity contribution in [2.45, 2.75) is 18.6 Å². The molecule has 8 nitrogen and oxygen atoms in total. The first-order valence-electron chi connectivity index (χ1n) is 8.42. The summed E-state index contributed by atoms with van der Waals surface area (Å²) in [7, 11) is 0. The van der Waals surface area contributed by atoms with Gasteiger partial charge in [-0.3, -0.25) is 24.6 Å². The van der Waals surface area contributed by atoms with Crippen LogP contribution in [0.2, 0.25) is 5.02 Å². The zero-order valence-corrected chi connectivity index (χ0v) is 15.7. The van der Waals surface area contributed by atoms with Gasteiger partial charge in [-0.25, -0.2) is 0 Å². The smallest absolute Gasteiger partial charge is 0.409 e. The van der Waals surface area contributed by atoms with Crippen LogP contribution in [0, 0.1) is 10.1 Å². The van der Waals surface area contributed by atoms with E-state index in [4.69, 9.17) is 16.3 Å². The summed E-state index contributed by atoms with van der Waals surface area (Å²) < 4.78 is 46.1. The number of ether oxygens (including phenoxy) is 1. The number of amides is 2. The van der Waals surface area contributed by atoms with Gasteiger partial charge >= 0.3 is 11.9 Å². The van der Waals surface area contributed by atoms with Crippen LogP contribution in [0.5, 0.6) is 5.75 Å². The number of nitrogens with zero attached hydrogens (tertiary/aromatic N) is 2. The quantitative estimate of drug-likeness (QED) is 0.569. The number of carbonyl (C=O) groups is 2. The van der Waals surface area contributed by atoms with Crippen molar-refractivity contribution in [3.63, 3.8) is 0 Å². The molecule has 2 aromatic carbocycles. The minimum absolute atomic E-state index is 0.0278. The zero-order chi connectivity index (χ0) is 22.1. The first-order chi connectivity index (χ1) is 14.1. The molecule has 0 bridgehead atoms. The van der Waals surface area contributed by atoms with Crippen molar-refractivity contribution in [3.05, 3.63) is 57.6 Å². The van der Waals surface area contributed by atoms with Crippen molar-refractivity contribution in [2.24, 2.45) is 0 Å². The summed E-state index contributed by atoms with van der Waals surface area (Å²) in [5.74, 6) is -2.38. The Balaban J connectivity index is 1.94. The van der Waals surface area contributed by atoms with Crippen molar-refractivity contribution in [1.82, 2.24) is 0 Å². The second-order valence-electron chi connectivity index (χ2n) is 6.25. The zero-order valence-electron chi connectivity index (χ0n) is 15.0. The number of nitro benzene ring substituents is 1. The average Bonchev–Trinajstić information content (AvgIpc) is 2.82. The molecule has 1 atom stereocenters. The van der Waals surface area contributed by atoms with Gasteiger partial charge in [-0.15, -0.1) is 0 Å². The summed E-state index contributed by atoms with van der Waals surface area (Å²) in [4.78, 5) is 35.5. The molecule has 0 spiro atoms. The molecule has 3 rings (SSSR count). The fourth-order valence-electron chi connectivity index (χ4n) is 2.96. The van der Waals surface area contributed by atoms with Gasteiger partial charge in [0.1, 0.15) is 6.04 Å². The molecule has 1 N–H and O–H groups in total. The highest BCUT2D eigenvalue weighted by Gasteiger charge is 2.49. The Morgan fingerprint density at radius 1 is 1.30 bits per heavy atom. The van der Waals surface area contributed by atoms with E-state index in [9.17, 15) is 32.9 Å². The van der Waals surface area contributed by atoms with E-state index in [0.717, 1.165) is 12.1 Å². The molecule has 0 radical (unpaired) electrons. The third-order valence-electron chi connectivity index (χ3n) is 4.24. The first kappa shape index (κ1) is 21.4. The molecule has 1 unspecified atom stereocenters. The summed E-state index contributed by atoms with van der Waals surface area (Å²) in [6.45, 7) is -0.933. The number of halogens is 4. The molecular formula is C18H13ClF3N3O5. The summed E-state index contributed by atoms with van der Waals surface area (Å²) >= 11 is 5.70. The summed E-state index contributed by atoms with van der Waals surface area (Å²) in [6, 6.07) is 6.48. The highest BCUT2D eigenvalue weighted by atomic mass is 35.5. The monoisotopic (exact) mass is 443 g/mol. The molecule has 2 aromatic rings. The van der Waals surface area contributed by atoms with Crippen LogP contribution in [0.25, 0.3) is 0 Å². The second kappa shape index (κ2) is 8.19. The van der Waals surface area contributed by atoms with Gasteiger partial charge in [0, 0.05) is 11.1 Å². The molecule has 158 valence electrons. The maximum absolute atomic E-state index is 13.7. The number of hydrogen-bond acceptors (Lipinski definition) is 5. The van der Waals surface area contributed by atoms with E-state index in [1.165, 1.54) is 30.3 Å². The molecule has 0 aliphatic carbocycles. The molecule has 0 saturated heterocycles. The Morgan fingerprint density at radius 2 is 2.00 bits per heavy atom. The Morgan fingerprint density at radius 3 is 2.67 bits per heavy atom. The van der Waals surface area contributed by atoms with Crippen molar-refractivity contribution < 1.29 is 32.4 Å². The van der Waals surface area contributed by atoms with Crippen LogP contribution in [0.15, 0.2) is 42.5 Å². The highest BCUT2D eigenvalue weighted by Crippen LogP contribution is 2.38. The molecule has 1 heterocycles. The molecule has 0 fully saturated rings. The Bertz CT molecular complexity index is 1010. The molecule has 2 amide bonds. The van der Waals surface area contributed by atoms with Gasteiger partial charge in [-0.05, 0) is 24.3 Å². The lowest BCUT2D eigenvalue weighted by molar-refractivity contribution is -0.385. The summed E-state index contributed by atoms with van der Waals surface area (Å²) in [5, 5.41) is 13.5. The van der Waals surface area contributed by atoms with Gasteiger partial charge < -0.3 is 10.1 Å². The average molecular weight is 444 g/mol. The number of anilines is 2. The molecule has 12 heteroatoms. The fraction of sp³-hybridized carbons (Fsp3) is 0.222. The maximum Gasteiger partial charge on any atom is 0.409 e. The molecule has 30 heavy (non-hydrogen) atoms. The normalized spacial score (nSPS) is 16.3. The van der Waals surface area contributed by atoms with E-state index in [2.05, 4.69) is 5.32 Å². The van der Waals surface area contributed by atoms with Crippen LogP contribution in [0.1, 0.15) is 6.42 Å². The van der Waals surface area contributed by atoms with Gasteiger partial charge in [-0.1, -0.05) is 23.7 Å². The standard InChI is InChI=1S/C18H13ClF3N3O5/c19-10-5-6-14(13(7-10)25(28)29)30-9-17(27)24-12-4-2-1-3-11(12)23-16(26)8-15(24)18(20,21)22/h1-7,15H,8-9H2,(H,23,26).